The monoisotopic (exact) mass is 328 g/mol. The Hall–Kier alpha value is -2.34. The summed E-state index contributed by atoms with van der Waals surface area (Å²) >= 11 is 0. The topological polar surface area (TPSA) is 59.4 Å². The Labute approximate surface area is 142 Å². The van der Waals surface area contributed by atoms with Crippen LogP contribution in [0.1, 0.15) is 31.4 Å². The van der Waals surface area contributed by atoms with Crippen molar-refractivity contribution < 1.29 is 9.53 Å². The lowest BCUT2D eigenvalue weighted by molar-refractivity contribution is -0.120. The maximum atomic E-state index is 12.8. The summed E-state index contributed by atoms with van der Waals surface area (Å²) in [6.07, 6.45) is 5.44. The minimum Gasteiger partial charge on any atom is -0.377 e. The molecule has 3 rings (SSSR count). The van der Waals surface area contributed by atoms with Crippen molar-refractivity contribution in [2.45, 2.75) is 31.9 Å². The summed E-state index contributed by atoms with van der Waals surface area (Å²) in [7, 11) is 3.55. The molecular weight excluding hydrogens is 304 g/mol. The standard InChI is InChI=1S/C18H24N4O2/c1-13(24-3)14-6-4-7-15(10-14)20-17-8-5-9-22(18(17)23)16-11-19-21(2)12-16/h4,6-7,10-13,17,20H,5,8-9H2,1-3H3/t13-,17+/m1/s1. The number of carbonyl (C=O) groups is 1. The number of nitrogens with one attached hydrogen (secondary N) is 1. The van der Waals surface area contributed by atoms with Crippen molar-refractivity contribution in [1.29, 1.82) is 0 Å². The van der Waals surface area contributed by atoms with E-state index in [1.165, 1.54) is 0 Å². The zero-order valence-electron chi connectivity index (χ0n) is 14.4. The Kier molecular flexibility index (Phi) is 4.85. The van der Waals surface area contributed by atoms with Crippen LogP contribution in [0.3, 0.4) is 0 Å². The van der Waals surface area contributed by atoms with Crippen molar-refractivity contribution in [2.24, 2.45) is 7.05 Å². The van der Waals surface area contributed by atoms with Gasteiger partial charge in [-0.1, -0.05) is 12.1 Å². The second-order valence-corrected chi connectivity index (χ2v) is 6.20. The molecule has 0 unspecified atom stereocenters. The zero-order chi connectivity index (χ0) is 17.1. The Balaban J connectivity index is 1.74. The van der Waals surface area contributed by atoms with Crippen molar-refractivity contribution in [2.75, 3.05) is 23.9 Å². The minimum atomic E-state index is -0.216. The largest absolute Gasteiger partial charge is 0.377 e. The predicted molar refractivity (Wildman–Crippen MR) is 94.1 cm³/mol. The lowest BCUT2D eigenvalue weighted by Crippen LogP contribution is -2.47. The second kappa shape index (κ2) is 7.05. The number of aromatic nitrogens is 2. The van der Waals surface area contributed by atoms with Crippen LogP contribution in [-0.2, 0) is 16.6 Å². The van der Waals surface area contributed by atoms with Crippen LogP contribution in [0.5, 0.6) is 0 Å². The number of rotatable bonds is 5. The number of hydrogen-bond donors (Lipinski definition) is 1. The smallest absolute Gasteiger partial charge is 0.249 e. The molecule has 128 valence electrons. The zero-order valence-corrected chi connectivity index (χ0v) is 14.4. The molecule has 1 N–H and O–H groups in total. The van der Waals surface area contributed by atoms with Crippen molar-refractivity contribution in [3.63, 3.8) is 0 Å². The fourth-order valence-corrected chi connectivity index (χ4v) is 3.03. The molecule has 24 heavy (non-hydrogen) atoms. The number of piperidine rings is 1. The Morgan fingerprint density at radius 2 is 2.25 bits per heavy atom. The predicted octanol–water partition coefficient (Wildman–Crippen LogP) is 2.74. The van der Waals surface area contributed by atoms with Gasteiger partial charge in [0.05, 0.1) is 18.0 Å². The average molecular weight is 328 g/mol. The summed E-state index contributed by atoms with van der Waals surface area (Å²) < 4.78 is 7.08. The first-order valence-electron chi connectivity index (χ1n) is 8.28. The molecule has 2 heterocycles. The van der Waals surface area contributed by atoms with Gasteiger partial charge in [-0.25, -0.2) is 0 Å². The number of aryl methyl sites for hydroxylation is 1. The Morgan fingerprint density at radius 1 is 1.42 bits per heavy atom. The summed E-state index contributed by atoms with van der Waals surface area (Å²) in [5.41, 5.74) is 2.90. The van der Waals surface area contributed by atoms with E-state index in [-0.39, 0.29) is 18.1 Å². The molecule has 0 saturated carbocycles. The molecule has 6 heteroatoms. The van der Waals surface area contributed by atoms with Crippen molar-refractivity contribution in [3.05, 3.63) is 42.2 Å². The van der Waals surface area contributed by atoms with Gasteiger partial charge in [0.15, 0.2) is 0 Å². The van der Waals surface area contributed by atoms with Crippen LogP contribution in [0.15, 0.2) is 36.7 Å². The van der Waals surface area contributed by atoms with E-state index < -0.39 is 0 Å². The number of hydrogen-bond acceptors (Lipinski definition) is 4. The summed E-state index contributed by atoms with van der Waals surface area (Å²) in [6, 6.07) is 7.84. The van der Waals surface area contributed by atoms with Gasteiger partial charge in [-0.15, -0.1) is 0 Å². The first-order valence-corrected chi connectivity index (χ1v) is 8.28. The van der Waals surface area contributed by atoms with Gasteiger partial charge in [-0.2, -0.15) is 5.10 Å². The number of methoxy groups -OCH3 is 1. The van der Waals surface area contributed by atoms with Crippen LogP contribution in [0, 0.1) is 0 Å². The SMILES string of the molecule is CO[C@H](C)c1cccc(N[C@H]2CCCN(c3cnn(C)c3)C2=O)c1. The van der Waals surface area contributed by atoms with E-state index in [2.05, 4.69) is 10.4 Å². The summed E-state index contributed by atoms with van der Waals surface area (Å²) in [6.45, 7) is 2.75. The maximum Gasteiger partial charge on any atom is 0.249 e. The van der Waals surface area contributed by atoms with E-state index in [1.807, 2.05) is 49.3 Å². The van der Waals surface area contributed by atoms with Gasteiger partial charge in [0.1, 0.15) is 6.04 Å². The molecule has 1 aromatic carbocycles. The van der Waals surface area contributed by atoms with Crippen LogP contribution in [0.2, 0.25) is 0 Å². The number of amides is 1. The molecule has 6 nitrogen and oxygen atoms in total. The van der Waals surface area contributed by atoms with E-state index in [1.54, 1.807) is 18.0 Å². The van der Waals surface area contributed by atoms with Gasteiger partial charge >= 0.3 is 0 Å². The van der Waals surface area contributed by atoms with Crippen molar-refractivity contribution >= 4 is 17.3 Å². The highest BCUT2D eigenvalue weighted by Crippen LogP contribution is 2.24. The molecule has 1 saturated heterocycles. The Morgan fingerprint density at radius 3 is 2.96 bits per heavy atom. The quantitative estimate of drug-likeness (QED) is 0.917. The van der Waals surface area contributed by atoms with Gasteiger partial charge in [-0.3, -0.25) is 9.48 Å². The number of benzene rings is 1. The molecule has 1 amide bonds. The van der Waals surface area contributed by atoms with Gasteiger partial charge < -0.3 is 15.0 Å². The van der Waals surface area contributed by atoms with E-state index in [9.17, 15) is 4.79 Å². The third kappa shape index (κ3) is 3.43. The van der Waals surface area contributed by atoms with Crippen molar-refractivity contribution in [1.82, 2.24) is 9.78 Å². The highest BCUT2D eigenvalue weighted by molar-refractivity contribution is 5.99. The summed E-state index contributed by atoms with van der Waals surface area (Å²) in [4.78, 5) is 14.6. The molecule has 0 spiro atoms. The second-order valence-electron chi connectivity index (χ2n) is 6.20. The molecule has 1 fully saturated rings. The summed E-state index contributed by atoms with van der Waals surface area (Å²) in [5.74, 6) is 0.0967. The molecule has 1 aromatic heterocycles. The lowest BCUT2D eigenvalue weighted by Gasteiger charge is -2.32. The maximum absolute atomic E-state index is 12.8. The first kappa shape index (κ1) is 16.5. The van der Waals surface area contributed by atoms with Crippen LogP contribution in [0.4, 0.5) is 11.4 Å². The molecule has 0 radical (unpaired) electrons. The van der Waals surface area contributed by atoms with Gasteiger partial charge in [0, 0.05) is 32.6 Å². The molecule has 1 aliphatic rings. The molecule has 2 aromatic rings. The number of ether oxygens (including phenoxy) is 1. The highest BCUT2D eigenvalue weighted by atomic mass is 16.5. The van der Waals surface area contributed by atoms with Gasteiger partial charge in [-0.05, 0) is 37.5 Å². The lowest BCUT2D eigenvalue weighted by atomic mass is 10.0. The first-order chi connectivity index (χ1) is 11.6. The normalized spacial score (nSPS) is 19.4. The van der Waals surface area contributed by atoms with Crippen molar-refractivity contribution in [3.8, 4) is 0 Å². The highest BCUT2D eigenvalue weighted by Gasteiger charge is 2.30. The van der Waals surface area contributed by atoms with Crippen LogP contribution < -0.4 is 10.2 Å². The van der Waals surface area contributed by atoms with Gasteiger partial charge in [0.25, 0.3) is 0 Å². The average Bonchev–Trinajstić information content (AvgIpc) is 3.02. The fourth-order valence-electron chi connectivity index (χ4n) is 3.03. The molecular formula is C18H24N4O2. The molecule has 1 aliphatic heterocycles. The van der Waals surface area contributed by atoms with E-state index in [4.69, 9.17) is 4.74 Å². The van der Waals surface area contributed by atoms with E-state index in [0.29, 0.717) is 0 Å². The van der Waals surface area contributed by atoms with Crippen LogP contribution in [-0.4, -0.2) is 35.4 Å². The number of anilines is 2. The number of nitrogens with zero attached hydrogens (tertiary/aromatic N) is 3. The molecule has 2 atom stereocenters. The molecule has 0 aliphatic carbocycles. The van der Waals surface area contributed by atoms with Gasteiger partial charge in [0.2, 0.25) is 5.91 Å². The third-order valence-corrected chi connectivity index (χ3v) is 4.49. The van der Waals surface area contributed by atoms with E-state index in [0.717, 1.165) is 36.3 Å². The molecule has 0 bridgehead atoms. The number of carbonyl (C=O) groups excluding carboxylic acids is 1. The van der Waals surface area contributed by atoms with E-state index >= 15 is 0 Å². The minimum absolute atomic E-state index is 0.0284. The van der Waals surface area contributed by atoms with Crippen LogP contribution in [0.25, 0.3) is 0 Å². The fraction of sp³-hybridized carbons (Fsp3) is 0.444. The summed E-state index contributed by atoms with van der Waals surface area (Å²) in [5, 5.41) is 7.55. The van der Waals surface area contributed by atoms with Crippen LogP contribution >= 0.6 is 0 Å². The Bertz CT molecular complexity index is 713. The third-order valence-electron chi connectivity index (χ3n) is 4.49.